The van der Waals surface area contributed by atoms with E-state index in [0.29, 0.717) is 23.0 Å². The molecule has 0 unspecified atom stereocenters. The molecule has 0 heterocycles. The summed E-state index contributed by atoms with van der Waals surface area (Å²) in [6, 6.07) is 4.11. The SMILES string of the molecule is CCO[C@@H]1C[C@H]2C(C)(C)CCC[C@]2(C)c2ccc(O)c(C(C)C)c21. The van der Waals surface area contributed by atoms with Crippen molar-refractivity contribution in [2.75, 3.05) is 6.61 Å². The minimum atomic E-state index is 0.116. The van der Waals surface area contributed by atoms with Crippen molar-refractivity contribution in [1.82, 2.24) is 0 Å². The molecule has 3 rings (SSSR count). The lowest BCUT2D eigenvalue weighted by atomic mass is 9.49. The van der Waals surface area contributed by atoms with Crippen molar-refractivity contribution in [3.8, 4) is 5.75 Å². The van der Waals surface area contributed by atoms with Crippen LogP contribution < -0.4 is 0 Å². The van der Waals surface area contributed by atoms with Gasteiger partial charge in [0.1, 0.15) is 5.75 Å². The van der Waals surface area contributed by atoms with Gasteiger partial charge < -0.3 is 9.84 Å². The van der Waals surface area contributed by atoms with Crippen LogP contribution in [0.4, 0.5) is 0 Å². The molecule has 2 heteroatoms. The minimum absolute atomic E-state index is 0.116. The van der Waals surface area contributed by atoms with Gasteiger partial charge in [-0.25, -0.2) is 0 Å². The summed E-state index contributed by atoms with van der Waals surface area (Å²) in [7, 11) is 0. The van der Waals surface area contributed by atoms with Crippen LogP contribution in [0.15, 0.2) is 12.1 Å². The van der Waals surface area contributed by atoms with Gasteiger partial charge in [-0.1, -0.05) is 47.1 Å². The minimum Gasteiger partial charge on any atom is -0.508 e. The fourth-order valence-corrected chi connectivity index (χ4v) is 5.78. The Kier molecular flexibility index (Phi) is 4.49. The molecule has 2 aliphatic carbocycles. The number of ether oxygens (including phenoxy) is 1. The van der Waals surface area contributed by atoms with Crippen molar-refractivity contribution in [2.24, 2.45) is 11.3 Å². The number of phenols is 1. The molecule has 1 aromatic carbocycles. The van der Waals surface area contributed by atoms with Gasteiger partial charge >= 0.3 is 0 Å². The Morgan fingerprint density at radius 1 is 1.21 bits per heavy atom. The molecule has 0 spiro atoms. The van der Waals surface area contributed by atoms with Gasteiger partial charge in [0.05, 0.1) is 6.10 Å². The van der Waals surface area contributed by atoms with Crippen molar-refractivity contribution in [2.45, 2.75) is 84.7 Å². The maximum absolute atomic E-state index is 10.6. The first-order valence-electron chi connectivity index (χ1n) is 9.70. The van der Waals surface area contributed by atoms with Gasteiger partial charge in [-0.2, -0.15) is 0 Å². The van der Waals surface area contributed by atoms with E-state index in [0.717, 1.165) is 18.6 Å². The molecule has 134 valence electrons. The summed E-state index contributed by atoms with van der Waals surface area (Å²) in [5.74, 6) is 1.37. The molecule has 1 saturated carbocycles. The Bertz CT molecular complexity index is 617. The Morgan fingerprint density at radius 2 is 1.92 bits per heavy atom. The first-order chi connectivity index (χ1) is 11.2. The van der Waals surface area contributed by atoms with Crippen molar-refractivity contribution < 1.29 is 9.84 Å². The van der Waals surface area contributed by atoms with Gasteiger partial charge in [-0.15, -0.1) is 0 Å². The molecular weight excluding hydrogens is 296 g/mol. The smallest absolute Gasteiger partial charge is 0.119 e. The predicted octanol–water partition coefficient (Wildman–Crippen LogP) is 6.08. The zero-order valence-electron chi connectivity index (χ0n) is 16.3. The summed E-state index contributed by atoms with van der Waals surface area (Å²) >= 11 is 0. The maximum Gasteiger partial charge on any atom is 0.119 e. The van der Waals surface area contributed by atoms with E-state index in [4.69, 9.17) is 4.74 Å². The molecule has 0 bridgehead atoms. The Morgan fingerprint density at radius 3 is 2.54 bits per heavy atom. The molecule has 2 nitrogen and oxygen atoms in total. The molecule has 24 heavy (non-hydrogen) atoms. The molecule has 0 saturated heterocycles. The highest BCUT2D eigenvalue weighted by atomic mass is 16.5. The van der Waals surface area contributed by atoms with Gasteiger partial charge in [0.15, 0.2) is 0 Å². The van der Waals surface area contributed by atoms with Gasteiger partial charge in [-0.3, -0.25) is 0 Å². The average Bonchev–Trinajstić information content (AvgIpc) is 2.48. The Labute approximate surface area is 147 Å². The monoisotopic (exact) mass is 330 g/mol. The molecule has 0 aliphatic heterocycles. The lowest BCUT2D eigenvalue weighted by Crippen LogP contribution is -2.49. The van der Waals surface area contributed by atoms with E-state index < -0.39 is 0 Å². The second-order valence-corrected chi connectivity index (χ2v) is 9.11. The summed E-state index contributed by atoms with van der Waals surface area (Å²) in [5, 5.41) is 10.6. The van der Waals surface area contributed by atoms with E-state index in [1.807, 2.05) is 6.07 Å². The van der Waals surface area contributed by atoms with E-state index in [-0.39, 0.29) is 11.5 Å². The number of hydrogen-bond acceptors (Lipinski definition) is 2. The third-order valence-corrected chi connectivity index (χ3v) is 6.83. The fraction of sp³-hybridized carbons (Fsp3) is 0.727. The lowest BCUT2D eigenvalue weighted by Gasteiger charge is -2.56. The molecule has 0 aromatic heterocycles. The van der Waals surface area contributed by atoms with Crippen molar-refractivity contribution in [1.29, 1.82) is 0 Å². The Balaban J connectivity index is 2.24. The highest BCUT2D eigenvalue weighted by molar-refractivity contribution is 5.52. The highest BCUT2D eigenvalue weighted by Gasteiger charge is 2.52. The second kappa shape index (κ2) is 6.05. The zero-order valence-corrected chi connectivity index (χ0v) is 16.3. The topological polar surface area (TPSA) is 29.5 Å². The van der Waals surface area contributed by atoms with Crippen LogP contribution in [-0.2, 0) is 10.2 Å². The van der Waals surface area contributed by atoms with E-state index in [2.05, 4.69) is 47.6 Å². The Hall–Kier alpha value is -1.02. The van der Waals surface area contributed by atoms with Crippen LogP contribution in [-0.4, -0.2) is 11.7 Å². The first kappa shape index (κ1) is 17.8. The van der Waals surface area contributed by atoms with Gasteiger partial charge in [0.25, 0.3) is 0 Å². The van der Waals surface area contributed by atoms with Gasteiger partial charge in [0, 0.05) is 12.2 Å². The molecule has 1 N–H and O–H groups in total. The number of phenolic OH excluding ortho intramolecular Hbond substituents is 1. The second-order valence-electron chi connectivity index (χ2n) is 9.11. The van der Waals surface area contributed by atoms with E-state index in [9.17, 15) is 5.11 Å². The molecule has 1 aromatic rings. The van der Waals surface area contributed by atoms with Crippen LogP contribution in [0, 0.1) is 11.3 Å². The highest BCUT2D eigenvalue weighted by Crippen LogP contribution is 2.61. The van der Waals surface area contributed by atoms with E-state index >= 15 is 0 Å². The molecule has 0 amide bonds. The third kappa shape index (κ3) is 2.58. The van der Waals surface area contributed by atoms with Crippen molar-refractivity contribution in [3.63, 3.8) is 0 Å². The third-order valence-electron chi connectivity index (χ3n) is 6.83. The van der Waals surface area contributed by atoms with Crippen molar-refractivity contribution in [3.05, 3.63) is 28.8 Å². The summed E-state index contributed by atoms with van der Waals surface area (Å²) in [6.45, 7) is 14.5. The predicted molar refractivity (Wildman–Crippen MR) is 99.7 cm³/mol. The number of hydrogen-bond donors (Lipinski definition) is 1. The molecule has 1 fully saturated rings. The standard InChI is InChI=1S/C22H34O2/c1-7-24-17-13-18-21(4,5)11-8-12-22(18,6)15-9-10-16(23)19(14(2)3)20(15)17/h9-10,14,17-18,23H,7-8,11-13H2,1-6H3/t17-,18+,22-/m1/s1. The normalized spacial score (nSPS) is 31.6. The number of rotatable bonds is 3. The zero-order chi connectivity index (χ0) is 17.7. The van der Waals surface area contributed by atoms with Crippen LogP contribution in [0.1, 0.15) is 95.9 Å². The lowest BCUT2D eigenvalue weighted by molar-refractivity contribution is -0.0363. The fourth-order valence-electron chi connectivity index (χ4n) is 5.78. The average molecular weight is 331 g/mol. The summed E-state index contributed by atoms with van der Waals surface area (Å²) < 4.78 is 6.23. The number of benzene rings is 1. The van der Waals surface area contributed by atoms with Crippen LogP contribution in [0.25, 0.3) is 0 Å². The first-order valence-corrected chi connectivity index (χ1v) is 9.70. The van der Waals surface area contributed by atoms with Crippen LogP contribution >= 0.6 is 0 Å². The molecule has 3 atom stereocenters. The number of aromatic hydroxyl groups is 1. The van der Waals surface area contributed by atoms with E-state index in [1.54, 1.807) is 0 Å². The summed E-state index contributed by atoms with van der Waals surface area (Å²) in [4.78, 5) is 0. The molecule has 2 aliphatic rings. The van der Waals surface area contributed by atoms with Gasteiger partial charge in [0.2, 0.25) is 0 Å². The van der Waals surface area contributed by atoms with Crippen LogP contribution in [0.2, 0.25) is 0 Å². The quantitative estimate of drug-likeness (QED) is 0.727. The summed E-state index contributed by atoms with van der Waals surface area (Å²) in [5.41, 5.74) is 4.38. The maximum atomic E-state index is 10.6. The largest absolute Gasteiger partial charge is 0.508 e. The summed E-state index contributed by atoms with van der Waals surface area (Å²) in [6.07, 6.45) is 5.03. The number of fused-ring (bicyclic) bond motifs is 3. The molecule has 0 radical (unpaired) electrons. The van der Waals surface area contributed by atoms with E-state index in [1.165, 1.54) is 30.4 Å². The van der Waals surface area contributed by atoms with Crippen LogP contribution in [0.3, 0.4) is 0 Å². The molecular formula is C22H34O2. The van der Waals surface area contributed by atoms with Gasteiger partial charge in [-0.05, 0) is 66.0 Å². The van der Waals surface area contributed by atoms with Crippen molar-refractivity contribution >= 4 is 0 Å². The van der Waals surface area contributed by atoms with Crippen LogP contribution in [0.5, 0.6) is 5.75 Å².